The number of carbonyl (C=O) groups is 1. The Morgan fingerprint density at radius 2 is 2.11 bits per heavy atom. The fourth-order valence-corrected chi connectivity index (χ4v) is 1.29. The Bertz CT molecular complexity index is 538. The lowest BCUT2D eigenvalue weighted by molar-refractivity contribution is 0.0911. The van der Waals surface area contributed by atoms with E-state index in [1.165, 1.54) is 24.3 Å². The van der Waals surface area contributed by atoms with Crippen LogP contribution < -0.4 is 11.1 Å². The fraction of sp³-hybridized carbons (Fsp3) is 0.182. The molecule has 1 aromatic heterocycles. The summed E-state index contributed by atoms with van der Waals surface area (Å²) in [5.74, 6) is -0.764. The number of hydrogen-bond acceptors (Lipinski definition) is 5. The molecule has 0 radical (unpaired) electrons. The number of halogens is 1. The van der Waals surface area contributed by atoms with Crippen molar-refractivity contribution < 1.29 is 13.7 Å². The molecule has 1 heterocycles. The molecule has 1 amide bonds. The van der Waals surface area contributed by atoms with Crippen LogP contribution in [0.2, 0.25) is 0 Å². The highest BCUT2D eigenvalue weighted by molar-refractivity contribution is 5.89. The van der Waals surface area contributed by atoms with Gasteiger partial charge in [0.15, 0.2) is 0 Å². The standard InChI is InChI=1S/C11H11FN4O2/c12-8-3-1-7(2-4-8)9-15-11(18-16-9)10(17)14-6-5-13/h1-4H,5-6,13H2,(H,14,17). The molecule has 0 bridgehead atoms. The summed E-state index contributed by atoms with van der Waals surface area (Å²) >= 11 is 0. The van der Waals surface area contributed by atoms with E-state index < -0.39 is 5.91 Å². The van der Waals surface area contributed by atoms with E-state index in [1.54, 1.807) is 0 Å². The Balaban J connectivity index is 2.15. The molecule has 0 unspecified atom stereocenters. The zero-order chi connectivity index (χ0) is 13.0. The second-order valence-corrected chi connectivity index (χ2v) is 3.47. The minimum Gasteiger partial charge on any atom is -0.347 e. The predicted molar refractivity (Wildman–Crippen MR) is 61.1 cm³/mol. The fourth-order valence-electron chi connectivity index (χ4n) is 1.29. The minimum atomic E-state index is -0.485. The van der Waals surface area contributed by atoms with Gasteiger partial charge in [-0.1, -0.05) is 5.16 Å². The van der Waals surface area contributed by atoms with E-state index in [2.05, 4.69) is 15.5 Å². The molecule has 7 heteroatoms. The first-order chi connectivity index (χ1) is 8.70. The van der Waals surface area contributed by atoms with Crippen molar-refractivity contribution in [2.45, 2.75) is 0 Å². The highest BCUT2D eigenvalue weighted by Crippen LogP contribution is 2.15. The number of nitrogens with zero attached hydrogens (tertiary/aromatic N) is 2. The maximum Gasteiger partial charge on any atom is 0.316 e. The molecule has 1 aromatic carbocycles. The number of nitrogens with two attached hydrogens (primary N) is 1. The Kier molecular flexibility index (Phi) is 3.63. The van der Waals surface area contributed by atoms with Gasteiger partial charge in [-0.2, -0.15) is 4.98 Å². The van der Waals surface area contributed by atoms with Gasteiger partial charge in [-0.3, -0.25) is 4.79 Å². The molecule has 3 N–H and O–H groups in total. The number of rotatable bonds is 4. The summed E-state index contributed by atoms with van der Waals surface area (Å²) in [6, 6.07) is 5.56. The Hall–Kier alpha value is -2.28. The first-order valence-electron chi connectivity index (χ1n) is 5.28. The number of hydrogen-bond donors (Lipinski definition) is 2. The molecule has 0 atom stereocenters. The molecule has 0 spiro atoms. The van der Waals surface area contributed by atoms with Crippen LogP contribution in [-0.2, 0) is 0 Å². The highest BCUT2D eigenvalue weighted by Gasteiger charge is 2.15. The molecule has 2 rings (SSSR count). The summed E-state index contributed by atoms with van der Waals surface area (Å²) in [5, 5.41) is 6.15. The van der Waals surface area contributed by atoms with E-state index >= 15 is 0 Å². The van der Waals surface area contributed by atoms with Crippen molar-refractivity contribution in [1.29, 1.82) is 0 Å². The topological polar surface area (TPSA) is 94.0 Å². The van der Waals surface area contributed by atoms with E-state index in [0.717, 1.165) is 0 Å². The minimum absolute atomic E-state index is 0.150. The average Bonchev–Trinajstić information content (AvgIpc) is 2.86. The van der Waals surface area contributed by atoms with E-state index in [4.69, 9.17) is 10.3 Å². The lowest BCUT2D eigenvalue weighted by Crippen LogP contribution is -2.29. The Labute approximate surface area is 102 Å². The predicted octanol–water partition coefficient (Wildman–Crippen LogP) is 0.564. The second-order valence-electron chi connectivity index (χ2n) is 3.47. The Morgan fingerprint density at radius 3 is 2.78 bits per heavy atom. The van der Waals surface area contributed by atoms with Gasteiger partial charge in [0, 0.05) is 18.7 Å². The summed E-state index contributed by atoms with van der Waals surface area (Å²) in [4.78, 5) is 15.4. The van der Waals surface area contributed by atoms with Crippen LogP contribution in [0.3, 0.4) is 0 Å². The summed E-state index contributed by atoms with van der Waals surface area (Å²) < 4.78 is 17.5. The zero-order valence-electron chi connectivity index (χ0n) is 9.39. The van der Waals surface area contributed by atoms with Crippen LogP contribution in [0.1, 0.15) is 10.7 Å². The monoisotopic (exact) mass is 250 g/mol. The van der Waals surface area contributed by atoms with Gasteiger partial charge >= 0.3 is 11.8 Å². The van der Waals surface area contributed by atoms with Gasteiger partial charge in [0.2, 0.25) is 5.82 Å². The summed E-state index contributed by atoms with van der Waals surface area (Å²) in [6.07, 6.45) is 0. The number of carbonyl (C=O) groups excluding carboxylic acids is 1. The lowest BCUT2D eigenvalue weighted by atomic mass is 10.2. The molecular weight excluding hydrogens is 239 g/mol. The van der Waals surface area contributed by atoms with Gasteiger partial charge in [0.05, 0.1) is 0 Å². The molecule has 0 aliphatic carbocycles. The van der Waals surface area contributed by atoms with Gasteiger partial charge in [-0.05, 0) is 24.3 Å². The van der Waals surface area contributed by atoms with Crippen molar-refractivity contribution in [3.05, 3.63) is 36.0 Å². The first kappa shape index (κ1) is 12.2. The maximum atomic E-state index is 12.7. The first-order valence-corrected chi connectivity index (χ1v) is 5.28. The van der Waals surface area contributed by atoms with Crippen molar-refractivity contribution in [3.63, 3.8) is 0 Å². The van der Waals surface area contributed by atoms with Crippen molar-refractivity contribution in [3.8, 4) is 11.4 Å². The molecule has 94 valence electrons. The molecule has 18 heavy (non-hydrogen) atoms. The van der Waals surface area contributed by atoms with Crippen LogP contribution in [0.15, 0.2) is 28.8 Å². The van der Waals surface area contributed by atoms with Crippen LogP contribution in [0, 0.1) is 5.82 Å². The summed E-state index contributed by atoms with van der Waals surface area (Å²) in [6.45, 7) is 0.651. The summed E-state index contributed by atoms with van der Waals surface area (Å²) in [5.41, 5.74) is 5.82. The largest absolute Gasteiger partial charge is 0.347 e. The third-order valence-corrected chi connectivity index (χ3v) is 2.15. The van der Waals surface area contributed by atoms with Gasteiger partial charge in [-0.25, -0.2) is 4.39 Å². The smallest absolute Gasteiger partial charge is 0.316 e. The lowest BCUT2D eigenvalue weighted by Gasteiger charge is -1.96. The van der Waals surface area contributed by atoms with Crippen LogP contribution in [0.5, 0.6) is 0 Å². The van der Waals surface area contributed by atoms with Crippen molar-refractivity contribution in [1.82, 2.24) is 15.5 Å². The SMILES string of the molecule is NCCNC(=O)c1nc(-c2ccc(F)cc2)no1. The third kappa shape index (κ3) is 2.69. The molecule has 0 saturated carbocycles. The van der Waals surface area contributed by atoms with Crippen molar-refractivity contribution in [2.75, 3.05) is 13.1 Å². The van der Waals surface area contributed by atoms with Gasteiger partial charge < -0.3 is 15.6 Å². The van der Waals surface area contributed by atoms with Gasteiger partial charge in [0.25, 0.3) is 0 Å². The van der Waals surface area contributed by atoms with E-state index in [9.17, 15) is 9.18 Å². The van der Waals surface area contributed by atoms with Crippen LogP contribution in [0.4, 0.5) is 4.39 Å². The van der Waals surface area contributed by atoms with E-state index in [-0.39, 0.29) is 17.5 Å². The second kappa shape index (κ2) is 5.37. The summed E-state index contributed by atoms with van der Waals surface area (Å²) in [7, 11) is 0. The number of nitrogens with one attached hydrogen (secondary N) is 1. The molecule has 0 fully saturated rings. The molecular formula is C11H11FN4O2. The maximum absolute atomic E-state index is 12.7. The molecule has 6 nitrogen and oxygen atoms in total. The normalized spacial score (nSPS) is 10.3. The quantitative estimate of drug-likeness (QED) is 0.827. The van der Waals surface area contributed by atoms with Crippen molar-refractivity contribution >= 4 is 5.91 Å². The third-order valence-electron chi connectivity index (χ3n) is 2.15. The van der Waals surface area contributed by atoms with Gasteiger partial charge in [-0.15, -0.1) is 0 Å². The van der Waals surface area contributed by atoms with Crippen LogP contribution in [0.25, 0.3) is 11.4 Å². The van der Waals surface area contributed by atoms with Gasteiger partial charge in [0.1, 0.15) is 5.82 Å². The number of aromatic nitrogens is 2. The highest BCUT2D eigenvalue weighted by atomic mass is 19.1. The zero-order valence-corrected chi connectivity index (χ0v) is 9.39. The number of amides is 1. The van der Waals surface area contributed by atoms with Crippen LogP contribution in [-0.4, -0.2) is 29.1 Å². The molecule has 0 aliphatic heterocycles. The van der Waals surface area contributed by atoms with Crippen molar-refractivity contribution in [2.24, 2.45) is 5.73 Å². The van der Waals surface area contributed by atoms with E-state index in [0.29, 0.717) is 18.7 Å². The van der Waals surface area contributed by atoms with Crippen LogP contribution >= 0.6 is 0 Å². The molecule has 2 aromatic rings. The van der Waals surface area contributed by atoms with E-state index in [1.807, 2.05) is 0 Å². The molecule has 0 aliphatic rings. The number of benzene rings is 1. The molecule has 0 saturated heterocycles. The average molecular weight is 250 g/mol. The Morgan fingerprint density at radius 1 is 1.39 bits per heavy atom.